The average Bonchev–Trinajstić information content (AvgIpc) is 3.37. The van der Waals surface area contributed by atoms with Crippen molar-refractivity contribution in [3.63, 3.8) is 0 Å². The Morgan fingerprint density at radius 2 is 1.80 bits per heavy atom. The second-order valence-electron chi connectivity index (χ2n) is 6.52. The summed E-state index contributed by atoms with van der Waals surface area (Å²) < 4.78 is 23.9. The second-order valence-corrected chi connectivity index (χ2v) is 6.52. The van der Waals surface area contributed by atoms with Gasteiger partial charge in [-0.2, -0.15) is 5.01 Å². The van der Waals surface area contributed by atoms with Gasteiger partial charge in [-0.05, 0) is 24.3 Å². The number of amides is 1. The van der Waals surface area contributed by atoms with Crippen molar-refractivity contribution < 1.29 is 23.7 Å². The number of hydrazone groups is 1. The van der Waals surface area contributed by atoms with Crippen LogP contribution in [0.5, 0.6) is 17.2 Å². The number of ether oxygens (including phenoxy) is 4. The maximum absolute atomic E-state index is 12.2. The molecule has 0 saturated heterocycles. The topological polar surface area (TPSA) is 100 Å². The molecule has 1 amide bonds. The zero-order valence-corrected chi connectivity index (χ0v) is 17.0. The first-order chi connectivity index (χ1) is 14.5. The zero-order valence-electron chi connectivity index (χ0n) is 17.0. The van der Waals surface area contributed by atoms with Crippen molar-refractivity contribution >= 4 is 22.8 Å². The Morgan fingerprint density at radius 1 is 1.10 bits per heavy atom. The molecule has 3 aromatic rings. The molecule has 4 rings (SSSR count). The summed E-state index contributed by atoms with van der Waals surface area (Å²) in [7, 11) is 4.58. The Morgan fingerprint density at radius 3 is 2.43 bits per heavy atom. The van der Waals surface area contributed by atoms with Crippen molar-refractivity contribution in [1.29, 1.82) is 0 Å². The largest absolute Gasteiger partial charge is 0.493 e. The highest BCUT2D eigenvalue weighted by Crippen LogP contribution is 2.39. The maximum Gasteiger partial charge on any atom is 0.243 e. The molecule has 156 valence electrons. The fourth-order valence-corrected chi connectivity index (χ4v) is 3.28. The number of methoxy groups -OCH3 is 3. The summed E-state index contributed by atoms with van der Waals surface area (Å²) in [6.07, 6.45) is -0.679. The van der Waals surface area contributed by atoms with E-state index in [9.17, 15) is 4.79 Å². The van der Waals surface area contributed by atoms with Crippen LogP contribution in [0.25, 0.3) is 11.0 Å². The van der Waals surface area contributed by atoms with Crippen LogP contribution in [0.15, 0.2) is 41.5 Å². The lowest BCUT2D eigenvalue weighted by atomic mass is 10.2. The predicted octanol–water partition coefficient (Wildman–Crippen LogP) is 2.02. The zero-order chi connectivity index (χ0) is 21.3. The minimum absolute atomic E-state index is 0.258. The van der Waals surface area contributed by atoms with Crippen LogP contribution in [0, 0.1) is 0 Å². The van der Waals surface area contributed by atoms with E-state index in [1.54, 1.807) is 16.8 Å². The van der Waals surface area contributed by atoms with Gasteiger partial charge in [0.2, 0.25) is 23.8 Å². The Kier molecular flexibility index (Phi) is 5.13. The van der Waals surface area contributed by atoms with E-state index in [4.69, 9.17) is 18.9 Å². The quantitative estimate of drug-likeness (QED) is 0.612. The summed E-state index contributed by atoms with van der Waals surface area (Å²) in [4.78, 5) is 12.2. The molecule has 1 aliphatic rings. The van der Waals surface area contributed by atoms with Gasteiger partial charge in [-0.15, -0.1) is 10.2 Å². The van der Waals surface area contributed by atoms with E-state index in [1.807, 2.05) is 24.3 Å². The summed E-state index contributed by atoms with van der Waals surface area (Å²) in [6, 6.07) is 11.0. The van der Waals surface area contributed by atoms with Crippen molar-refractivity contribution in [3.05, 3.63) is 42.0 Å². The van der Waals surface area contributed by atoms with Gasteiger partial charge in [-0.3, -0.25) is 4.79 Å². The van der Waals surface area contributed by atoms with Crippen molar-refractivity contribution in [3.8, 4) is 17.2 Å². The number of carbonyl (C=O) groups is 1. The van der Waals surface area contributed by atoms with Crippen LogP contribution in [-0.2, 0) is 16.1 Å². The summed E-state index contributed by atoms with van der Waals surface area (Å²) in [5.41, 5.74) is 2.18. The molecule has 0 aliphatic carbocycles. The molecule has 30 heavy (non-hydrogen) atoms. The molecule has 0 unspecified atom stereocenters. The highest BCUT2D eigenvalue weighted by atomic mass is 16.5. The summed E-state index contributed by atoms with van der Waals surface area (Å²) in [5.74, 6) is 1.37. The van der Waals surface area contributed by atoms with Crippen LogP contribution in [0.1, 0.15) is 12.5 Å². The molecule has 2 aromatic carbocycles. The van der Waals surface area contributed by atoms with Gasteiger partial charge in [0.25, 0.3) is 0 Å². The highest BCUT2D eigenvalue weighted by Gasteiger charge is 2.33. The number of nitrogens with zero attached hydrogens (tertiary/aromatic N) is 5. The fourth-order valence-electron chi connectivity index (χ4n) is 3.28. The van der Waals surface area contributed by atoms with E-state index < -0.39 is 6.23 Å². The Hall–Kier alpha value is -3.82. The lowest BCUT2D eigenvalue weighted by Crippen LogP contribution is -2.35. The van der Waals surface area contributed by atoms with E-state index in [1.165, 1.54) is 33.3 Å². The smallest absolute Gasteiger partial charge is 0.243 e. The fraction of sp³-hybridized carbons (Fsp3) is 0.300. The lowest BCUT2D eigenvalue weighted by molar-refractivity contribution is -0.135. The van der Waals surface area contributed by atoms with Crippen molar-refractivity contribution in [2.24, 2.45) is 5.10 Å². The highest BCUT2D eigenvalue weighted by molar-refractivity contribution is 5.97. The maximum atomic E-state index is 12.2. The van der Waals surface area contributed by atoms with Gasteiger partial charge in [-0.1, -0.05) is 17.3 Å². The number of hydrogen-bond donors (Lipinski definition) is 0. The van der Waals surface area contributed by atoms with Gasteiger partial charge < -0.3 is 18.9 Å². The summed E-state index contributed by atoms with van der Waals surface area (Å²) >= 11 is 0. The third-order valence-electron chi connectivity index (χ3n) is 4.70. The first kappa shape index (κ1) is 19.5. The molecular formula is C20H21N5O5. The average molecular weight is 411 g/mol. The molecule has 0 saturated carbocycles. The van der Waals surface area contributed by atoms with Gasteiger partial charge in [0.15, 0.2) is 11.5 Å². The number of aromatic nitrogens is 3. The van der Waals surface area contributed by atoms with Crippen LogP contribution in [-0.4, -0.2) is 59.4 Å². The third kappa shape index (κ3) is 3.36. The summed E-state index contributed by atoms with van der Waals surface area (Å²) in [5, 5.41) is 14.0. The number of rotatable bonds is 6. The molecule has 1 aromatic heterocycles. The molecule has 0 bridgehead atoms. The van der Waals surface area contributed by atoms with Crippen LogP contribution in [0.4, 0.5) is 0 Å². The molecule has 0 fully saturated rings. The standard InChI is InChI=1S/C20H21N5O5/c1-12(26)25-18(11-24-15-8-6-5-7-14(15)21-23-24)30-20(22-25)13-9-16(27-2)19(29-4)17(10-13)28-3/h5-10,18H,11H2,1-4H3/t18-/m0/s1. The summed E-state index contributed by atoms with van der Waals surface area (Å²) in [6.45, 7) is 1.69. The van der Waals surface area contributed by atoms with E-state index in [0.29, 0.717) is 22.8 Å². The number of para-hydroxylation sites is 1. The SMILES string of the molecule is COc1cc(C2=NN(C(C)=O)[C@H](Cn3nnc4ccccc43)O2)cc(OC)c1OC. The molecule has 0 N–H and O–H groups in total. The monoisotopic (exact) mass is 411 g/mol. The van der Waals surface area contributed by atoms with Crippen LogP contribution >= 0.6 is 0 Å². The minimum atomic E-state index is -0.679. The van der Waals surface area contributed by atoms with E-state index in [0.717, 1.165) is 11.0 Å². The van der Waals surface area contributed by atoms with E-state index >= 15 is 0 Å². The normalized spacial score (nSPS) is 15.7. The molecule has 0 spiro atoms. The Labute approximate surface area is 172 Å². The Balaban J connectivity index is 1.66. The third-order valence-corrected chi connectivity index (χ3v) is 4.70. The van der Waals surface area contributed by atoms with Crippen LogP contribution in [0.3, 0.4) is 0 Å². The second kappa shape index (κ2) is 7.90. The number of fused-ring (bicyclic) bond motifs is 1. The first-order valence-corrected chi connectivity index (χ1v) is 9.19. The number of carbonyl (C=O) groups excluding carboxylic acids is 1. The number of benzene rings is 2. The van der Waals surface area contributed by atoms with E-state index in [2.05, 4.69) is 15.4 Å². The molecule has 10 nitrogen and oxygen atoms in total. The van der Waals surface area contributed by atoms with Crippen LogP contribution in [0.2, 0.25) is 0 Å². The molecule has 1 aliphatic heterocycles. The molecule has 2 heterocycles. The predicted molar refractivity (Wildman–Crippen MR) is 108 cm³/mol. The van der Waals surface area contributed by atoms with Gasteiger partial charge in [0.05, 0.1) is 26.8 Å². The van der Waals surface area contributed by atoms with Crippen LogP contribution < -0.4 is 14.2 Å². The molecular weight excluding hydrogens is 390 g/mol. The Bertz CT molecular complexity index is 1100. The molecule has 1 atom stereocenters. The van der Waals surface area contributed by atoms with Crippen molar-refractivity contribution in [1.82, 2.24) is 20.0 Å². The van der Waals surface area contributed by atoms with Gasteiger partial charge in [0, 0.05) is 12.5 Å². The molecule has 10 heteroatoms. The van der Waals surface area contributed by atoms with Gasteiger partial charge in [-0.25, -0.2) is 4.68 Å². The van der Waals surface area contributed by atoms with Gasteiger partial charge in [0.1, 0.15) is 12.1 Å². The lowest BCUT2D eigenvalue weighted by Gasteiger charge is -2.19. The molecule has 0 radical (unpaired) electrons. The number of hydrogen-bond acceptors (Lipinski definition) is 8. The van der Waals surface area contributed by atoms with Crippen molar-refractivity contribution in [2.75, 3.05) is 21.3 Å². The van der Waals surface area contributed by atoms with Gasteiger partial charge >= 0.3 is 0 Å². The first-order valence-electron chi connectivity index (χ1n) is 9.19. The minimum Gasteiger partial charge on any atom is -0.493 e. The van der Waals surface area contributed by atoms with Crippen molar-refractivity contribution in [2.45, 2.75) is 19.7 Å². The van der Waals surface area contributed by atoms with E-state index in [-0.39, 0.29) is 18.3 Å².